The van der Waals surface area contributed by atoms with Crippen LogP contribution in [0.15, 0.2) is 107 Å². The molecule has 226 valence electrons. The molecular weight excluding hydrogens is 560 g/mol. The molecule has 3 heterocycles. The zero-order chi connectivity index (χ0) is 30.9. The van der Waals surface area contributed by atoms with Gasteiger partial charge in [0, 0.05) is 11.3 Å². The van der Waals surface area contributed by atoms with Crippen LogP contribution in [-0.4, -0.2) is 33.2 Å². The molecule has 0 radical (unpaired) electrons. The Labute approximate surface area is 263 Å². The third kappa shape index (κ3) is 5.22. The number of rotatable bonds is 8. The van der Waals surface area contributed by atoms with Crippen molar-refractivity contribution in [1.29, 1.82) is 0 Å². The number of phenols is 1. The van der Waals surface area contributed by atoms with Gasteiger partial charge in [0.1, 0.15) is 0 Å². The average molecular weight is 597 g/mol. The van der Waals surface area contributed by atoms with Crippen LogP contribution >= 0.6 is 0 Å². The molecule has 5 aromatic rings. The molecule has 2 aliphatic heterocycles. The summed E-state index contributed by atoms with van der Waals surface area (Å²) in [5.74, 6) is 2.61. The molecule has 0 bridgehead atoms. The summed E-state index contributed by atoms with van der Waals surface area (Å²) in [5, 5.41) is 19.2. The molecule has 2 N–H and O–H groups in total. The van der Waals surface area contributed by atoms with Gasteiger partial charge in [0.15, 0.2) is 29.0 Å². The Kier molecular flexibility index (Phi) is 7.55. The number of unbranched alkanes of at least 4 members (excludes halogenated alkanes) is 1. The number of amidine groups is 2. The number of anilines is 2. The monoisotopic (exact) mass is 596 g/mol. The molecule has 0 fully saturated rings. The number of hydrogen-bond acceptors (Lipinski definition) is 7. The van der Waals surface area contributed by atoms with Gasteiger partial charge in [-0.25, -0.2) is 14.7 Å². The van der Waals surface area contributed by atoms with Crippen molar-refractivity contribution in [3.8, 4) is 17.2 Å². The first-order valence-electron chi connectivity index (χ1n) is 15.6. The highest BCUT2D eigenvalue weighted by molar-refractivity contribution is 6.51. The minimum absolute atomic E-state index is 0.104. The Morgan fingerprint density at radius 2 is 1.67 bits per heavy atom. The molecule has 2 aliphatic rings. The third-order valence-electron chi connectivity index (χ3n) is 8.27. The first-order chi connectivity index (χ1) is 22.1. The minimum Gasteiger partial charge on any atom is -0.504 e. The van der Waals surface area contributed by atoms with Crippen LogP contribution in [0.2, 0.25) is 0 Å². The van der Waals surface area contributed by atoms with Gasteiger partial charge in [-0.1, -0.05) is 61.9 Å². The van der Waals surface area contributed by atoms with Gasteiger partial charge in [0.2, 0.25) is 0 Å². The van der Waals surface area contributed by atoms with Crippen LogP contribution in [0.5, 0.6) is 11.5 Å². The first-order valence-corrected chi connectivity index (χ1v) is 15.6. The van der Waals surface area contributed by atoms with Crippen LogP contribution in [0.25, 0.3) is 5.69 Å². The number of para-hydroxylation sites is 3. The summed E-state index contributed by atoms with van der Waals surface area (Å²) in [6, 6.07) is 32.0. The highest BCUT2D eigenvalue weighted by Gasteiger charge is 2.41. The van der Waals surface area contributed by atoms with Crippen LogP contribution in [0.4, 0.5) is 22.9 Å². The van der Waals surface area contributed by atoms with Crippen molar-refractivity contribution in [2.75, 3.05) is 16.8 Å². The van der Waals surface area contributed by atoms with Crippen LogP contribution in [0.3, 0.4) is 0 Å². The number of hydrogen-bond donors (Lipinski definition) is 2. The Morgan fingerprint density at radius 1 is 0.889 bits per heavy atom. The van der Waals surface area contributed by atoms with E-state index >= 15 is 0 Å². The van der Waals surface area contributed by atoms with Crippen LogP contribution in [-0.2, 0) is 6.42 Å². The van der Waals surface area contributed by atoms with Crippen molar-refractivity contribution in [3.05, 3.63) is 119 Å². The van der Waals surface area contributed by atoms with E-state index in [1.165, 1.54) is 18.4 Å². The van der Waals surface area contributed by atoms with E-state index in [1.807, 2.05) is 79.2 Å². The van der Waals surface area contributed by atoms with E-state index in [4.69, 9.17) is 19.8 Å². The fraction of sp³-hybridized carbons (Fsp3) is 0.216. The highest BCUT2D eigenvalue weighted by atomic mass is 16.5. The molecular formula is C37H36N6O2. The van der Waals surface area contributed by atoms with Gasteiger partial charge in [-0.15, -0.1) is 0 Å². The van der Waals surface area contributed by atoms with Crippen molar-refractivity contribution in [1.82, 2.24) is 9.78 Å². The second-order valence-electron chi connectivity index (χ2n) is 11.3. The summed E-state index contributed by atoms with van der Waals surface area (Å²) < 4.78 is 7.75. The van der Waals surface area contributed by atoms with Crippen LogP contribution in [0, 0.1) is 6.92 Å². The van der Waals surface area contributed by atoms with Gasteiger partial charge in [-0.3, -0.25) is 0 Å². The number of aryl methyl sites for hydroxylation is 2. The minimum atomic E-state index is -0.324. The maximum Gasteiger partial charge on any atom is 0.179 e. The molecule has 0 saturated carbocycles. The maximum atomic E-state index is 10.6. The van der Waals surface area contributed by atoms with Gasteiger partial charge in [0.25, 0.3) is 0 Å². The number of aliphatic imine (C=N–C) groups is 2. The zero-order valence-electron chi connectivity index (χ0n) is 25.7. The second-order valence-corrected chi connectivity index (χ2v) is 11.3. The quantitative estimate of drug-likeness (QED) is 0.188. The predicted molar refractivity (Wildman–Crippen MR) is 181 cm³/mol. The van der Waals surface area contributed by atoms with E-state index in [-0.39, 0.29) is 11.8 Å². The number of benzene rings is 4. The molecule has 0 spiro atoms. The molecule has 1 aromatic heterocycles. The SMILES string of the molecule is CCCCc1ccc(NC2=Nc3ccccc3N3C2=Nc2c(c(C)nn2-c2ccccc2)[C@@H]3c2ccc(O)c(OCC)c2)cc1. The smallest absolute Gasteiger partial charge is 0.179 e. The topological polar surface area (TPSA) is 87.3 Å². The van der Waals surface area contributed by atoms with E-state index in [9.17, 15) is 5.11 Å². The first kappa shape index (κ1) is 28.4. The third-order valence-corrected chi connectivity index (χ3v) is 8.27. The zero-order valence-corrected chi connectivity index (χ0v) is 25.7. The fourth-order valence-electron chi connectivity index (χ4n) is 6.11. The van der Waals surface area contributed by atoms with Gasteiger partial charge in [-0.2, -0.15) is 5.10 Å². The second kappa shape index (κ2) is 12.0. The summed E-state index contributed by atoms with van der Waals surface area (Å²) in [7, 11) is 0. The van der Waals surface area contributed by atoms with Crippen molar-refractivity contribution >= 4 is 34.6 Å². The molecule has 7 rings (SSSR count). The molecule has 0 unspecified atom stereocenters. The Morgan fingerprint density at radius 3 is 2.44 bits per heavy atom. The van der Waals surface area contributed by atoms with Gasteiger partial charge in [0.05, 0.1) is 35.4 Å². The molecule has 8 heteroatoms. The van der Waals surface area contributed by atoms with Crippen molar-refractivity contribution in [2.24, 2.45) is 9.98 Å². The van der Waals surface area contributed by atoms with E-state index < -0.39 is 0 Å². The Balaban J connectivity index is 1.43. The summed E-state index contributed by atoms with van der Waals surface area (Å²) in [5.41, 5.74) is 7.74. The number of phenolic OH excluding ortho intramolecular Hbond substituents is 1. The number of fused-ring (bicyclic) bond motifs is 4. The molecule has 0 aliphatic carbocycles. The number of nitrogens with zero attached hydrogens (tertiary/aromatic N) is 5. The normalized spacial score (nSPS) is 15.0. The lowest BCUT2D eigenvalue weighted by Gasteiger charge is -2.40. The molecule has 0 saturated heterocycles. The molecule has 8 nitrogen and oxygen atoms in total. The summed E-state index contributed by atoms with van der Waals surface area (Å²) in [6.45, 7) is 6.59. The standard InChI is InChI=1S/C37H36N6O2/c1-4-6-12-25-17-20-27(21-18-25)38-35-37-40-36-33(24(3)41-43(36)28-13-8-7-9-14-28)34(26-19-22-31(44)32(23-26)45-5-2)42(37)30-16-11-10-15-29(30)39-35/h7-11,13-23,34,44H,4-6,12H2,1-3H3,(H,38,39)/t34-/m0/s1. The van der Waals surface area contributed by atoms with E-state index in [1.54, 1.807) is 6.07 Å². The summed E-state index contributed by atoms with van der Waals surface area (Å²) in [6.07, 6.45) is 3.40. The molecule has 0 amide bonds. The fourth-order valence-corrected chi connectivity index (χ4v) is 6.11. The van der Waals surface area contributed by atoms with Gasteiger partial charge in [-0.05, 0) is 86.3 Å². The van der Waals surface area contributed by atoms with Gasteiger partial charge < -0.3 is 20.1 Å². The van der Waals surface area contributed by atoms with Crippen molar-refractivity contribution in [3.63, 3.8) is 0 Å². The van der Waals surface area contributed by atoms with Crippen molar-refractivity contribution < 1.29 is 9.84 Å². The average Bonchev–Trinajstić information content (AvgIpc) is 3.41. The van der Waals surface area contributed by atoms with E-state index in [2.05, 4.69) is 47.5 Å². The molecule has 4 aromatic carbocycles. The van der Waals surface area contributed by atoms with Crippen molar-refractivity contribution in [2.45, 2.75) is 46.1 Å². The lowest BCUT2D eigenvalue weighted by Crippen LogP contribution is -2.46. The van der Waals surface area contributed by atoms with Gasteiger partial charge >= 0.3 is 0 Å². The molecule has 1 atom stereocenters. The number of ether oxygens (including phenoxy) is 1. The number of aromatic hydroxyl groups is 1. The summed E-state index contributed by atoms with van der Waals surface area (Å²) >= 11 is 0. The van der Waals surface area contributed by atoms with E-state index in [0.29, 0.717) is 24.0 Å². The Hall–Kier alpha value is -5.37. The Bertz CT molecular complexity index is 1910. The predicted octanol–water partition coefficient (Wildman–Crippen LogP) is 8.42. The van der Waals surface area contributed by atoms with Crippen LogP contribution in [0.1, 0.15) is 55.1 Å². The number of nitrogens with one attached hydrogen (secondary N) is 1. The lowest BCUT2D eigenvalue weighted by atomic mass is 9.93. The number of aromatic nitrogens is 2. The highest BCUT2D eigenvalue weighted by Crippen LogP contribution is 2.49. The maximum absolute atomic E-state index is 10.6. The lowest BCUT2D eigenvalue weighted by molar-refractivity contribution is 0.317. The van der Waals surface area contributed by atoms with E-state index in [0.717, 1.165) is 51.8 Å². The molecule has 45 heavy (non-hydrogen) atoms. The van der Waals surface area contributed by atoms with Crippen LogP contribution < -0.4 is 15.0 Å². The summed E-state index contributed by atoms with van der Waals surface area (Å²) in [4.78, 5) is 12.7. The largest absolute Gasteiger partial charge is 0.504 e.